The summed E-state index contributed by atoms with van der Waals surface area (Å²) in [4.78, 5) is 23.5. The van der Waals surface area contributed by atoms with Gasteiger partial charge in [-0.25, -0.2) is 0 Å². The lowest BCUT2D eigenvalue weighted by molar-refractivity contribution is -0.116. The number of rotatable bonds is 7. The molecule has 1 atom stereocenters. The van der Waals surface area contributed by atoms with Gasteiger partial charge in [0.1, 0.15) is 11.5 Å². The maximum Gasteiger partial charge on any atom is 0.252 e. The number of amides is 2. The molecule has 0 saturated carbocycles. The first-order chi connectivity index (χ1) is 12.6. The van der Waals surface area contributed by atoms with Crippen molar-refractivity contribution in [3.05, 3.63) is 54.1 Å². The van der Waals surface area contributed by atoms with E-state index in [2.05, 4.69) is 10.6 Å². The number of benzene rings is 2. The summed E-state index contributed by atoms with van der Waals surface area (Å²) in [6.45, 7) is 2.05. The van der Waals surface area contributed by atoms with Gasteiger partial charge in [0, 0.05) is 12.1 Å². The summed E-state index contributed by atoms with van der Waals surface area (Å²) in [6, 6.07) is 13.8. The monoisotopic (exact) mass is 353 g/mol. The highest BCUT2D eigenvalue weighted by molar-refractivity contribution is 5.95. The Morgan fingerprint density at radius 3 is 2.62 bits per heavy atom. The van der Waals surface area contributed by atoms with Crippen LogP contribution in [0.4, 0.5) is 5.69 Å². The van der Waals surface area contributed by atoms with E-state index < -0.39 is 5.91 Å². The lowest BCUT2D eigenvalue weighted by Crippen LogP contribution is -2.15. The molecule has 1 fully saturated rings. The van der Waals surface area contributed by atoms with E-state index in [4.69, 9.17) is 10.5 Å². The van der Waals surface area contributed by atoms with Gasteiger partial charge in [0.2, 0.25) is 5.91 Å². The van der Waals surface area contributed by atoms with E-state index >= 15 is 0 Å². The number of carbonyl (C=O) groups is 2. The minimum atomic E-state index is -0.540. The normalized spacial score (nSPS) is 16.2. The molecule has 26 heavy (non-hydrogen) atoms. The third-order valence-corrected chi connectivity index (χ3v) is 4.46. The Hall–Kier alpha value is -2.86. The van der Waals surface area contributed by atoms with E-state index in [-0.39, 0.29) is 5.91 Å². The van der Waals surface area contributed by atoms with E-state index in [1.54, 1.807) is 48.5 Å². The van der Waals surface area contributed by atoms with Crippen LogP contribution in [0.1, 0.15) is 29.6 Å². The molecule has 2 aromatic rings. The largest absolute Gasteiger partial charge is 0.457 e. The number of hydrogen-bond donors (Lipinski definition) is 3. The zero-order chi connectivity index (χ0) is 18.4. The van der Waals surface area contributed by atoms with Crippen molar-refractivity contribution >= 4 is 17.5 Å². The van der Waals surface area contributed by atoms with Crippen LogP contribution >= 0.6 is 0 Å². The number of anilines is 1. The average Bonchev–Trinajstić information content (AvgIpc) is 3.15. The predicted molar refractivity (Wildman–Crippen MR) is 100 cm³/mol. The van der Waals surface area contributed by atoms with E-state index in [0.29, 0.717) is 29.4 Å². The molecular formula is C20H23N3O3. The van der Waals surface area contributed by atoms with Crippen LogP contribution in [0.5, 0.6) is 11.5 Å². The predicted octanol–water partition coefficient (Wildman–Crippen LogP) is 2.91. The molecule has 1 saturated heterocycles. The molecule has 6 nitrogen and oxygen atoms in total. The molecule has 1 aliphatic rings. The molecule has 0 aromatic heterocycles. The van der Waals surface area contributed by atoms with Crippen LogP contribution in [0, 0.1) is 5.92 Å². The Bertz CT molecular complexity index is 768. The standard InChI is InChI=1S/C20H23N3O3/c21-20(25)17-3-1-2-4-18(17)26-16-8-6-15(7-9-16)23-19(24)10-5-14-11-12-22-13-14/h1-4,6-9,14,22H,5,10-13H2,(H2,21,25)(H,23,24). The van der Waals surface area contributed by atoms with E-state index in [1.165, 1.54) is 0 Å². The summed E-state index contributed by atoms with van der Waals surface area (Å²) in [5.41, 5.74) is 6.39. The highest BCUT2D eigenvalue weighted by Crippen LogP contribution is 2.26. The van der Waals surface area contributed by atoms with Crippen LogP contribution in [0.25, 0.3) is 0 Å². The van der Waals surface area contributed by atoms with Crippen LogP contribution in [0.2, 0.25) is 0 Å². The number of nitrogens with one attached hydrogen (secondary N) is 2. The van der Waals surface area contributed by atoms with Gasteiger partial charge in [-0.15, -0.1) is 0 Å². The zero-order valence-electron chi connectivity index (χ0n) is 14.5. The molecule has 2 amide bonds. The maximum absolute atomic E-state index is 12.1. The van der Waals surface area contributed by atoms with Crippen molar-refractivity contribution in [2.45, 2.75) is 19.3 Å². The van der Waals surface area contributed by atoms with Crippen molar-refractivity contribution in [3.8, 4) is 11.5 Å². The summed E-state index contributed by atoms with van der Waals surface area (Å²) in [6.07, 6.45) is 2.58. The quantitative estimate of drug-likeness (QED) is 0.713. The van der Waals surface area contributed by atoms with Gasteiger partial charge in [-0.1, -0.05) is 12.1 Å². The Labute approximate surface area is 152 Å². The van der Waals surface area contributed by atoms with Crippen molar-refractivity contribution in [2.75, 3.05) is 18.4 Å². The first-order valence-corrected chi connectivity index (χ1v) is 8.79. The molecule has 1 aliphatic heterocycles. The second-order valence-electron chi connectivity index (χ2n) is 6.43. The van der Waals surface area contributed by atoms with Crippen molar-refractivity contribution in [1.29, 1.82) is 0 Å². The summed E-state index contributed by atoms with van der Waals surface area (Å²) < 4.78 is 5.73. The fourth-order valence-corrected chi connectivity index (χ4v) is 3.01. The van der Waals surface area contributed by atoms with Gasteiger partial charge in [0.15, 0.2) is 0 Å². The van der Waals surface area contributed by atoms with Crippen LogP contribution in [0.15, 0.2) is 48.5 Å². The van der Waals surface area contributed by atoms with Gasteiger partial charge < -0.3 is 21.1 Å². The van der Waals surface area contributed by atoms with Crippen LogP contribution in [-0.4, -0.2) is 24.9 Å². The van der Waals surface area contributed by atoms with Crippen LogP contribution in [-0.2, 0) is 4.79 Å². The number of carbonyl (C=O) groups excluding carboxylic acids is 2. The van der Waals surface area contributed by atoms with Crippen LogP contribution in [0.3, 0.4) is 0 Å². The molecule has 0 spiro atoms. The molecule has 1 unspecified atom stereocenters. The third-order valence-electron chi connectivity index (χ3n) is 4.46. The summed E-state index contributed by atoms with van der Waals surface area (Å²) in [5, 5.41) is 6.21. The van der Waals surface area contributed by atoms with Crippen molar-refractivity contribution < 1.29 is 14.3 Å². The van der Waals surface area contributed by atoms with Crippen molar-refractivity contribution in [1.82, 2.24) is 5.32 Å². The Balaban J connectivity index is 1.55. The first kappa shape index (κ1) is 17.9. The summed E-state index contributed by atoms with van der Waals surface area (Å²) in [7, 11) is 0. The lowest BCUT2D eigenvalue weighted by atomic mass is 10.0. The summed E-state index contributed by atoms with van der Waals surface area (Å²) in [5.74, 6) is 1.05. The molecule has 6 heteroatoms. The second-order valence-corrected chi connectivity index (χ2v) is 6.43. The summed E-state index contributed by atoms with van der Waals surface area (Å²) >= 11 is 0. The SMILES string of the molecule is NC(=O)c1ccccc1Oc1ccc(NC(=O)CCC2CCNC2)cc1. The average molecular weight is 353 g/mol. The van der Waals surface area contributed by atoms with Crippen molar-refractivity contribution in [3.63, 3.8) is 0 Å². The van der Waals surface area contributed by atoms with Gasteiger partial charge >= 0.3 is 0 Å². The Morgan fingerprint density at radius 2 is 1.92 bits per heavy atom. The number of ether oxygens (including phenoxy) is 1. The van der Waals surface area contributed by atoms with Gasteiger partial charge in [0.05, 0.1) is 5.56 Å². The number of primary amides is 1. The van der Waals surface area contributed by atoms with Gasteiger partial charge in [-0.2, -0.15) is 0 Å². The van der Waals surface area contributed by atoms with Gasteiger partial charge in [-0.3, -0.25) is 9.59 Å². The minimum Gasteiger partial charge on any atom is -0.457 e. The Kier molecular flexibility index (Phi) is 5.86. The first-order valence-electron chi connectivity index (χ1n) is 8.79. The number of hydrogen-bond acceptors (Lipinski definition) is 4. The molecule has 4 N–H and O–H groups in total. The smallest absolute Gasteiger partial charge is 0.252 e. The molecule has 0 radical (unpaired) electrons. The van der Waals surface area contributed by atoms with E-state index in [0.717, 1.165) is 31.6 Å². The van der Waals surface area contributed by atoms with E-state index in [1.807, 2.05) is 0 Å². The van der Waals surface area contributed by atoms with Gasteiger partial charge in [0.25, 0.3) is 5.91 Å². The molecule has 0 bridgehead atoms. The maximum atomic E-state index is 12.1. The molecule has 2 aromatic carbocycles. The minimum absolute atomic E-state index is 0.0182. The molecule has 0 aliphatic carbocycles. The van der Waals surface area contributed by atoms with Crippen LogP contribution < -0.4 is 21.1 Å². The molecular weight excluding hydrogens is 330 g/mol. The number of nitrogens with two attached hydrogens (primary N) is 1. The van der Waals surface area contributed by atoms with Gasteiger partial charge in [-0.05, 0) is 68.2 Å². The van der Waals surface area contributed by atoms with E-state index in [9.17, 15) is 9.59 Å². The molecule has 1 heterocycles. The molecule has 3 rings (SSSR count). The highest BCUT2D eigenvalue weighted by atomic mass is 16.5. The third kappa shape index (κ3) is 4.83. The topological polar surface area (TPSA) is 93.5 Å². The van der Waals surface area contributed by atoms with Crippen molar-refractivity contribution in [2.24, 2.45) is 11.7 Å². The zero-order valence-corrected chi connectivity index (χ0v) is 14.5. The molecule has 136 valence electrons. The highest BCUT2D eigenvalue weighted by Gasteiger charge is 2.15. The Morgan fingerprint density at radius 1 is 1.15 bits per heavy atom. The second kappa shape index (κ2) is 8.49. The fourth-order valence-electron chi connectivity index (χ4n) is 3.01. The number of para-hydroxylation sites is 1. The fraction of sp³-hybridized carbons (Fsp3) is 0.300. The lowest BCUT2D eigenvalue weighted by Gasteiger charge is -2.11.